The third-order valence-electron chi connectivity index (χ3n) is 5.64. The molecule has 3 aromatic rings. The van der Waals surface area contributed by atoms with Crippen molar-refractivity contribution >= 4 is 10.9 Å². The van der Waals surface area contributed by atoms with Crippen LogP contribution in [0.25, 0.3) is 10.9 Å². The summed E-state index contributed by atoms with van der Waals surface area (Å²) in [5, 5.41) is 9.13. The molecule has 142 valence electrons. The predicted octanol–water partition coefficient (Wildman–Crippen LogP) is 4.22. The summed E-state index contributed by atoms with van der Waals surface area (Å²) in [6, 6.07) is 16.9. The number of benzene rings is 2. The fourth-order valence-electron chi connectivity index (χ4n) is 4.29. The van der Waals surface area contributed by atoms with Crippen LogP contribution in [0.3, 0.4) is 0 Å². The fourth-order valence-corrected chi connectivity index (χ4v) is 4.29. The molecule has 1 atom stereocenters. The number of ether oxygens (including phenoxy) is 2. The van der Waals surface area contributed by atoms with Crippen LogP contribution in [0.4, 0.5) is 0 Å². The normalized spacial score (nSPS) is 19.1. The lowest BCUT2D eigenvalue weighted by atomic mass is 9.80. The quantitative estimate of drug-likeness (QED) is 0.696. The summed E-state index contributed by atoms with van der Waals surface area (Å²) in [6.45, 7) is 4.06. The molecular formula is C23H23N3O2. The van der Waals surface area contributed by atoms with Crippen LogP contribution in [0.1, 0.15) is 23.2 Å². The monoisotopic (exact) mass is 373 g/mol. The van der Waals surface area contributed by atoms with Crippen molar-refractivity contribution < 1.29 is 9.47 Å². The van der Waals surface area contributed by atoms with Crippen molar-refractivity contribution in [2.45, 2.75) is 18.9 Å². The number of aryl methyl sites for hydroxylation is 1. The van der Waals surface area contributed by atoms with Crippen molar-refractivity contribution in [3.8, 4) is 0 Å². The number of H-pyrrole nitrogens is 1. The van der Waals surface area contributed by atoms with Gasteiger partial charge < -0.3 is 9.47 Å². The second kappa shape index (κ2) is 6.84. The second-order valence-electron chi connectivity index (χ2n) is 7.31. The van der Waals surface area contributed by atoms with Crippen LogP contribution in [0, 0.1) is 6.92 Å². The number of hydrogen-bond acceptors (Lipinski definition) is 4. The minimum absolute atomic E-state index is 0.231. The van der Waals surface area contributed by atoms with E-state index < -0.39 is 5.54 Å². The van der Waals surface area contributed by atoms with Crippen LogP contribution in [0.5, 0.6) is 0 Å². The first kappa shape index (κ1) is 17.1. The van der Waals surface area contributed by atoms with E-state index in [4.69, 9.17) is 14.6 Å². The molecule has 0 aliphatic carbocycles. The first-order valence-corrected chi connectivity index (χ1v) is 9.66. The number of aromatic nitrogens is 2. The Bertz CT molecular complexity index is 1050. The number of aromatic amines is 1. The van der Waals surface area contributed by atoms with E-state index in [0.717, 1.165) is 47.4 Å². The lowest BCUT2D eigenvalue weighted by Gasteiger charge is -2.43. The van der Waals surface area contributed by atoms with Crippen LogP contribution in [-0.4, -0.2) is 35.0 Å². The molecule has 5 heteroatoms. The summed E-state index contributed by atoms with van der Waals surface area (Å²) in [7, 11) is 0. The van der Waals surface area contributed by atoms with Crippen molar-refractivity contribution in [3.05, 3.63) is 89.5 Å². The molecule has 5 nitrogen and oxygen atoms in total. The molecule has 5 rings (SSSR count). The average Bonchev–Trinajstić information content (AvgIpc) is 3.42. The zero-order valence-electron chi connectivity index (χ0n) is 15.9. The molecule has 2 aliphatic heterocycles. The molecule has 2 aromatic carbocycles. The van der Waals surface area contributed by atoms with Gasteiger partial charge in [-0.25, -0.2) is 0 Å². The van der Waals surface area contributed by atoms with Crippen molar-refractivity contribution in [3.63, 3.8) is 0 Å². The zero-order chi connectivity index (χ0) is 19.0. The summed E-state index contributed by atoms with van der Waals surface area (Å²) in [4.78, 5) is 2.43. The maximum Gasteiger partial charge on any atom is 0.230 e. The zero-order valence-corrected chi connectivity index (χ0v) is 15.9. The maximum atomic E-state index is 6.05. The molecule has 1 aromatic heterocycles. The van der Waals surface area contributed by atoms with Gasteiger partial charge in [-0.3, -0.25) is 10.00 Å². The number of rotatable bonds is 4. The van der Waals surface area contributed by atoms with Gasteiger partial charge in [0.2, 0.25) is 6.79 Å². The number of para-hydroxylation sites is 1. The Morgan fingerprint density at radius 2 is 1.93 bits per heavy atom. The van der Waals surface area contributed by atoms with Gasteiger partial charge in [0, 0.05) is 18.5 Å². The Hall–Kier alpha value is -3.05. The van der Waals surface area contributed by atoms with E-state index in [2.05, 4.69) is 71.5 Å². The molecule has 0 spiro atoms. The van der Waals surface area contributed by atoms with Crippen LogP contribution in [0.2, 0.25) is 0 Å². The second-order valence-corrected chi connectivity index (χ2v) is 7.31. The molecule has 1 unspecified atom stereocenters. The van der Waals surface area contributed by atoms with E-state index in [0.29, 0.717) is 0 Å². The summed E-state index contributed by atoms with van der Waals surface area (Å²) >= 11 is 0. The van der Waals surface area contributed by atoms with Gasteiger partial charge in [-0.2, -0.15) is 5.10 Å². The van der Waals surface area contributed by atoms with Gasteiger partial charge in [-0.15, -0.1) is 0 Å². The number of nitrogens with zero attached hydrogens (tertiary/aromatic N) is 2. The number of hydrogen-bond donors (Lipinski definition) is 1. The highest BCUT2D eigenvalue weighted by atomic mass is 16.7. The van der Waals surface area contributed by atoms with Crippen LogP contribution >= 0.6 is 0 Å². The molecule has 28 heavy (non-hydrogen) atoms. The first-order valence-electron chi connectivity index (χ1n) is 9.66. The van der Waals surface area contributed by atoms with Gasteiger partial charge in [0.25, 0.3) is 0 Å². The predicted molar refractivity (Wildman–Crippen MR) is 109 cm³/mol. The molecule has 1 N–H and O–H groups in total. The maximum absolute atomic E-state index is 6.05. The van der Waals surface area contributed by atoms with Crippen molar-refractivity contribution in [2.24, 2.45) is 0 Å². The van der Waals surface area contributed by atoms with Gasteiger partial charge in [0.15, 0.2) is 11.3 Å². The molecule has 2 aliphatic rings. The third kappa shape index (κ3) is 2.54. The fraction of sp³-hybridized carbons (Fsp3) is 0.261. The largest absolute Gasteiger partial charge is 0.462 e. The summed E-state index contributed by atoms with van der Waals surface area (Å²) < 4.78 is 11.6. The number of nitrogens with one attached hydrogen (secondary N) is 1. The summed E-state index contributed by atoms with van der Waals surface area (Å²) in [5.41, 5.74) is 3.65. The molecule has 0 fully saturated rings. The Balaban J connectivity index is 1.83. The van der Waals surface area contributed by atoms with Crippen molar-refractivity contribution in [2.75, 3.05) is 19.9 Å². The SMILES string of the molecule is Cc1ccc(C(C2=COCO2)(c2n[nH]c3ccccc23)N2CC=CCC2)cc1. The van der Waals surface area contributed by atoms with E-state index in [1.165, 1.54) is 5.56 Å². The minimum atomic E-state index is -0.658. The Morgan fingerprint density at radius 1 is 1.07 bits per heavy atom. The third-order valence-corrected chi connectivity index (χ3v) is 5.64. The average molecular weight is 373 g/mol. The van der Waals surface area contributed by atoms with Gasteiger partial charge in [-0.1, -0.05) is 60.2 Å². The molecule has 0 amide bonds. The van der Waals surface area contributed by atoms with E-state index >= 15 is 0 Å². The Morgan fingerprint density at radius 3 is 2.68 bits per heavy atom. The van der Waals surface area contributed by atoms with Gasteiger partial charge in [0.1, 0.15) is 12.0 Å². The summed E-state index contributed by atoms with van der Waals surface area (Å²) in [5.74, 6) is 0.781. The van der Waals surface area contributed by atoms with Crippen LogP contribution < -0.4 is 0 Å². The molecule has 3 heterocycles. The standard InChI is InChI=1S/C23H23N3O2/c1-17-9-11-18(12-10-17)23(21-15-27-16-28-21,26-13-5-2-6-14-26)22-19-7-3-4-8-20(19)24-25-22/h2-5,7-12,15H,6,13-14,16H2,1H3,(H,24,25). The van der Waals surface area contributed by atoms with Crippen LogP contribution in [-0.2, 0) is 15.0 Å². The molecule has 0 bridgehead atoms. The lowest BCUT2D eigenvalue weighted by Crippen LogP contribution is -2.50. The molecule has 0 saturated carbocycles. The topological polar surface area (TPSA) is 50.4 Å². The smallest absolute Gasteiger partial charge is 0.230 e. The molecule has 0 saturated heterocycles. The van der Waals surface area contributed by atoms with Crippen molar-refractivity contribution in [1.82, 2.24) is 15.1 Å². The Labute approximate surface area is 164 Å². The van der Waals surface area contributed by atoms with Gasteiger partial charge in [-0.05, 0) is 25.0 Å². The van der Waals surface area contributed by atoms with Crippen molar-refractivity contribution in [1.29, 1.82) is 0 Å². The highest BCUT2D eigenvalue weighted by molar-refractivity contribution is 5.83. The molecule has 0 radical (unpaired) electrons. The highest BCUT2D eigenvalue weighted by Gasteiger charge is 2.49. The number of fused-ring (bicyclic) bond motifs is 1. The van der Waals surface area contributed by atoms with Gasteiger partial charge >= 0.3 is 0 Å². The van der Waals surface area contributed by atoms with Crippen LogP contribution in [0.15, 0.2) is 72.7 Å². The summed E-state index contributed by atoms with van der Waals surface area (Å²) in [6.07, 6.45) is 7.20. The first-order chi connectivity index (χ1) is 13.8. The van der Waals surface area contributed by atoms with Gasteiger partial charge in [0.05, 0.1) is 5.52 Å². The molecular weight excluding hydrogens is 350 g/mol. The Kier molecular flexibility index (Phi) is 4.17. The lowest BCUT2D eigenvalue weighted by molar-refractivity contribution is 0.0390. The minimum Gasteiger partial charge on any atom is -0.462 e. The van der Waals surface area contributed by atoms with E-state index in [1.54, 1.807) is 6.26 Å². The van der Waals surface area contributed by atoms with E-state index in [1.807, 2.05) is 6.07 Å². The highest BCUT2D eigenvalue weighted by Crippen LogP contribution is 2.46. The van der Waals surface area contributed by atoms with E-state index in [-0.39, 0.29) is 6.79 Å². The van der Waals surface area contributed by atoms with E-state index in [9.17, 15) is 0 Å².